The predicted octanol–water partition coefficient (Wildman–Crippen LogP) is 2.33. The summed E-state index contributed by atoms with van der Waals surface area (Å²) in [5.41, 5.74) is 1.82. The summed E-state index contributed by atoms with van der Waals surface area (Å²) in [6.45, 7) is 2.15. The molecule has 1 aromatic rings. The first-order chi connectivity index (χ1) is 7.27. The van der Waals surface area contributed by atoms with E-state index in [0.717, 1.165) is 10.9 Å². The second-order valence-electron chi connectivity index (χ2n) is 2.94. The first-order valence-electron chi connectivity index (χ1n) is 4.60. The molecule has 1 aromatic carbocycles. The number of amides is 1. The SMILES string of the molecule is CC#CCNC(=O)c1ccc(CBr)cc1. The van der Waals surface area contributed by atoms with E-state index in [0.29, 0.717) is 12.1 Å². The molecule has 0 aromatic heterocycles. The van der Waals surface area contributed by atoms with E-state index in [-0.39, 0.29) is 5.91 Å². The van der Waals surface area contributed by atoms with Gasteiger partial charge in [0.25, 0.3) is 5.91 Å². The maximum atomic E-state index is 11.5. The van der Waals surface area contributed by atoms with E-state index >= 15 is 0 Å². The molecule has 0 saturated heterocycles. The van der Waals surface area contributed by atoms with Gasteiger partial charge in [-0.05, 0) is 24.6 Å². The summed E-state index contributed by atoms with van der Waals surface area (Å²) in [6.07, 6.45) is 0. The van der Waals surface area contributed by atoms with Gasteiger partial charge in [0, 0.05) is 10.9 Å². The summed E-state index contributed by atoms with van der Waals surface area (Å²) >= 11 is 3.35. The number of rotatable bonds is 3. The Kier molecular flexibility index (Phi) is 4.92. The zero-order chi connectivity index (χ0) is 11.1. The summed E-state index contributed by atoms with van der Waals surface area (Å²) in [6, 6.07) is 7.47. The van der Waals surface area contributed by atoms with Crippen molar-refractivity contribution in [1.29, 1.82) is 0 Å². The Morgan fingerprint density at radius 1 is 1.40 bits per heavy atom. The zero-order valence-electron chi connectivity index (χ0n) is 8.51. The number of hydrogen-bond acceptors (Lipinski definition) is 1. The van der Waals surface area contributed by atoms with Crippen molar-refractivity contribution in [3.05, 3.63) is 35.4 Å². The molecular formula is C12H12BrNO. The van der Waals surface area contributed by atoms with E-state index in [9.17, 15) is 4.79 Å². The monoisotopic (exact) mass is 265 g/mol. The van der Waals surface area contributed by atoms with Crippen LogP contribution in [-0.4, -0.2) is 12.5 Å². The highest BCUT2D eigenvalue weighted by Gasteiger charge is 2.02. The van der Waals surface area contributed by atoms with Crippen molar-refractivity contribution in [1.82, 2.24) is 5.32 Å². The van der Waals surface area contributed by atoms with Gasteiger partial charge < -0.3 is 5.32 Å². The third kappa shape index (κ3) is 3.77. The summed E-state index contributed by atoms with van der Waals surface area (Å²) in [7, 11) is 0. The molecule has 0 radical (unpaired) electrons. The second-order valence-corrected chi connectivity index (χ2v) is 3.50. The molecule has 0 saturated carbocycles. The summed E-state index contributed by atoms with van der Waals surface area (Å²) < 4.78 is 0. The van der Waals surface area contributed by atoms with Gasteiger partial charge in [0.2, 0.25) is 0 Å². The quantitative estimate of drug-likeness (QED) is 0.660. The Morgan fingerprint density at radius 3 is 2.60 bits per heavy atom. The standard InChI is InChI=1S/C12H12BrNO/c1-2-3-8-14-12(15)11-6-4-10(9-13)5-7-11/h4-7H,8-9H2,1H3,(H,14,15). The van der Waals surface area contributed by atoms with Crippen molar-refractivity contribution in [3.8, 4) is 11.8 Å². The molecule has 15 heavy (non-hydrogen) atoms. The van der Waals surface area contributed by atoms with Gasteiger partial charge in [-0.25, -0.2) is 0 Å². The van der Waals surface area contributed by atoms with E-state index in [1.54, 1.807) is 6.92 Å². The molecule has 1 amide bonds. The lowest BCUT2D eigenvalue weighted by molar-refractivity contribution is 0.0958. The Bertz CT molecular complexity index is 386. The van der Waals surface area contributed by atoms with Crippen LogP contribution in [-0.2, 0) is 5.33 Å². The molecule has 0 atom stereocenters. The van der Waals surface area contributed by atoms with Crippen LogP contribution in [0.15, 0.2) is 24.3 Å². The highest BCUT2D eigenvalue weighted by molar-refractivity contribution is 9.08. The van der Waals surface area contributed by atoms with Crippen molar-refractivity contribution in [2.45, 2.75) is 12.3 Å². The van der Waals surface area contributed by atoms with E-state index in [1.165, 1.54) is 0 Å². The molecule has 2 nitrogen and oxygen atoms in total. The normalized spacial score (nSPS) is 8.93. The zero-order valence-corrected chi connectivity index (χ0v) is 10.1. The van der Waals surface area contributed by atoms with Crippen molar-refractivity contribution in [2.24, 2.45) is 0 Å². The highest BCUT2D eigenvalue weighted by atomic mass is 79.9. The first kappa shape index (κ1) is 11.8. The van der Waals surface area contributed by atoms with E-state index < -0.39 is 0 Å². The van der Waals surface area contributed by atoms with Crippen LogP contribution in [0.2, 0.25) is 0 Å². The van der Waals surface area contributed by atoms with Crippen molar-refractivity contribution in [2.75, 3.05) is 6.54 Å². The van der Waals surface area contributed by atoms with Gasteiger partial charge in [-0.3, -0.25) is 4.79 Å². The number of carbonyl (C=O) groups is 1. The van der Waals surface area contributed by atoms with Gasteiger partial charge in [-0.2, -0.15) is 0 Å². The van der Waals surface area contributed by atoms with Crippen LogP contribution in [0.5, 0.6) is 0 Å². The second kappa shape index (κ2) is 6.26. The van der Waals surface area contributed by atoms with Crippen LogP contribution in [0.3, 0.4) is 0 Å². The smallest absolute Gasteiger partial charge is 0.252 e. The molecule has 1 rings (SSSR count). The molecule has 0 aliphatic rings. The average molecular weight is 266 g/mol. The molecule has 0 fully saturated rings. The molecule has 78 valence electrons. The number of alkyl halides is 1. The van der Waals surface area contributed by atoms with Gasteiger partial charge in [0.15, 0.2) is 0 Å². The van der Waals surface area contributed by atoms with E-state index in [1.807, 2.05) is 24.3 Å². The maximum absolute atomic E-state index is 11.5. The Morgan fingerprint density at radius 2 is 2.07 bits per heavy atom. The molecule has 0 spiro atoms. The topological polar surface area (TPSA) is 29.1 Å². The summed E-state index contributed by atoms with van der Waals surface area (Å²) in [5.74, 6) is 5.42. The lowest BCUT2D eigenvalue weighted by atomic mass is 10.1. The van der Waals surface area contributed by atoms with Crippen LogP contribution >= 0.6 is 15.9 Å². The number of carbonyl (C=O) groups excluding carboxylic acids is 1. The molecule has 0 aliphatic heterocycles. The highest BCUT2D eigenvalue weighted by Crippen LogP contribution is 2.07. The number of halogens is 1. The van der Waals surface area contributed by atoms with Crippen LogP contribution < -0.4 is 5.32 Å². The third-order valence-electron chi connectivity index (χ3n) is 1.88. The van der Waals surface area contributed by atoms with Gasteiger partial charge in [-0.15, -0.1) is 5.92 Å². The maximum Gasteiger partial charge on any atom is 0.252 e. The van der Waals surface area contributed by atoms with Crippen molar-refractivity contribution >= 4 is 21.8 Å². The van der Waals surface area contributed by atoms with Crippen molar-refractivity contribution < 1.29 is 4.79 Å². The van der Waals surface area contributed by atoms with Crippen LogP contribution in [0, 0.1) is 11.8 Å². The number of nitrogens with one attached hydrogen (secondary N) is 1. The Balaban J connectivity index is 2.60. The van der Waals surface area contributed by atoms with Gasteiger partial charge in [0.05, 0.1) is 6.54 Å². The number of benzene rings is 1. The lowest BCUT2D eigenvalue weighted by Gasteiger charge is -2.02. The molecule has 3 heteroatoms. The Labute approximate surface area is 98.2 Å². The summed E-state index contributed by atoms with van der Waals surface area (Å²) in [4.78, 5) is 11.5. The largest absolute Gasteiger partial charge is 0.341 e. The van der Waals surface area contributed by atoms with E-state index in [2.05, 4.69) is 33.1 Å². The third-order valence-corrected chi connectivity index (χ3v) is 2.53. The van der Waals surface area contributed by atoms with Gasteiger partial charge in [-0.1, -0.05) is 34.0 Å². The van der Waals surface area contributed by atoms with Crippen molar-refractivity contribution in [3.63, 3.8) is 0 Å². The minimum atomic E-state index is -0.0844. The predicted molar refractivity (Wildman–Crippen MR) is 64.9 cm³/mol. The summed E-state index contributed by atoms with van der Waals surface area (Å²) in [5, 5.41) is 3.51. The fourth-order valence-corrected chi connectivity index (χ4v) is 1.43. The fraction of sp³-hybridized carbons (Fsp3) is 0.250. The Hall–Kier alpha value is -1.27. The van der Waals surface area contributed by atoms with Gasteiger partial charge >= 0.3 is 0 Å². The molecule has 0 bridgehead atoms. The average Bonchev–Trinajstić information content (AvgIpc) is 2.29. The molecular weight excluding hydrogens is 254 g/mol. The van der Waals surface area contributed by atoms with E-state index in [4.69, 9.17) is 0 Å². The van der Waals surface area contributed by atoms with Crippen LogP contribution in [0.4, 0.5) is 0 Å². The molecule has 0 unspecified atom stereocenters. The van der Waals surface area contributed by atoms with Gasteiger partial charge in [0.1, 0.15) is 0 Å². The minimum Gasteiger partial charge on any atom is -0.341 e. The number of hydrogen-bond donors (Lipinski definition) is 1. The molecule has 1 N–H and O–H groups in total. The fourth-order valence-electron chi connectivity index (χ4n) is 1.06. The van der Waals surface area contributed by atoms with Crippen LogP contribution in [0.1, 0.15) is 22.8 Å². The van der Waals surface area contributed by atoms with Crippen LogP contribution in [0.25, 0.3) is 0 Å². The first-order valence-corrected chi connectivity index (χ1v) is 5.72. The molecule has 0 aliphatic carbocycles. The lowest BCUT2D eigenvalue weighted by Crippen LogP contribution is -2.23. The molecule has 0 heterocycles. The minimum absolute atomic E-state index is 0.0844.